The van der Waals surface area contributed by atoms with Gasteiger partial charge in [0.25, 0.3) is 0 Å². The summed E-state index contributed by atoms with van der Waals surface area (Å²) in [4.78, 5) is 22.4. The van der Waals surface area contributed by atoms with Crippen molar-refractivity contribution in [3.63, 3.8) is 0 Å². The topological polar surface area (TPSA) is 92.7 Å². The largest absolute Gasteiger partial charge is 0.330 e. The molecule has 0 unspecified atom stereocenters. The van der Waals surface area contributed by atoms with Crippen LogP contribution >= 0.6 is 22.9 Å². The van der Waals surface area contributed by atoms with Crippen LogP contribution in [0.15, 0.2) is 48.8 Å². The summed E-state index contributed by atoms with van der Waals surface area (Å²) < 4.78 is 0. The quantitative estimate of drug-likeness (QED) is 0.445. The highest BCUT2D eigenvalue weighted by atomic mass is 35.5. The van der Waals surface area contributed by atoms with Crippen molar-refractivity contribution in [2.24, 2.45) is 11.7 Å². The molecule has 0 saturated carbocycles. The minimum atomic E-state index is -0.395. The third kappa shape index (κ3) is 4.13. The molecule has 0 aliphatic carbocycles. The van der Waals surface area contributed by atoms with Crippen molar-refractivity contribution in [2.75, 3.05) is 6.54 Å². The Balaban J connectivity index is 2.12. The number of hydrogen-bond acceptors (Lipinski definition) is 6. The molecule has 0 spiro atoms. The molecular weight excluding hydrogens is 380 g/mol. The first kappa shape index (κ1) is 19.4. The average Bonchev–Trinajstić information content (AvgIpc) is 3.14. The van der Waals surface area contributed by atoms with Crippen LogP contribution in [-0.2, 0) is 0 Å². The van der Waals surface area contributed by atoms with Gasteiger partial charge in [0, 0.05) is 35.4 Å². The van der Waals surface area contributed by atoms with Gasteiger partial charge < -0.3 is 11.1 Å². The molecule has 1 aromatic carbocycles. The Morgan fingerprint density at radius 1 is 1.30 bits per heavy atom. The predicted octanol–water partition coefficient (Wildman–Crippen LogP) is 4.71. The molecule has 0 aliphatic heterocycles. The van der Waals surface area contributed by atoms with Gasteiger partial charge in [-0.25, -0.2) is 4.98 Å². The fourth-order valence-electron chi connectivity index (χ4n) is 2.71. The molecule has 5 nitrogen and oxygen atoms in total. The zero-order valence-electron chi connectivity index (χ0n) is 14.8. The van der Waals surface area contributed by atoms with E-state index in [1.807, 2.05) is 31.2 Å². The highest BCUT2D eigenvalue weighted by Gasteiger charge is 2.27. The van der Waals surface area contributed by atoms with Crippen molar-refractivity contribution in [3.8, 4) is 21.0 Å². The number of Topliss-reactive ketones (excluding diaryl/α,β-unsaturated/α-hetero) is 1. The van der Waals surface area contributed by atoms with Gasteiger partial charge in [-0.1, -0.05) is 30.7 Å². The van der Waals surface area contributed by atoms with E-state index in [4.69, 9.17) is 22.7 Å². The number of thiazole rings is 1. The number of aromatic nitrogens is 2. The number of hydrogen-bond donors (Lipinski definition) is 2. The molecule has 0 fully saturated rings. The molecule has 3 aromatic rings. The molecule has 0 radical (unpaired) electrons. The van der Waals surface area contributed by atoms with Gasteiger partial charge in [0.1, 0.15) is 10.7 Å². The Bertz CT molecular complexity index is 967. The van der Waals surface area contributed by atoms with Gasteiger partial charge in [0.15, 0.2) is 0 Å². The molecule has 3 N–H and O–H groups in total. The summed E-state index contributed by atoms with van der Waals surface area (Å²) in [6.07, 6.45) is 4.02. The first-order valence-electron chi connectivity index (χ1n) is 8.55. The second-order valence-corrected chi connectivity index (χ2v) is 7.47. The number of halogens is 1. The molecule has 2 heterocycles. The lowest BCUT2D eigenvalue weighted by Gasteiger charge is -2.12. The van der Waals surface area contributed by atoms with Crippen LogP contribution in [0.1, 0.15) is 23.8 Å². The van der Waals surface area contributed by atoms with Crippen molar-refractivity contribution >= 4 is 34.4 Å². The number of nitrogens with one attached hydrogen (secondary N) is 1. The van der Waals surface area contributed by atoms with Crippen molar-refractivity contribution < 1.29 is 4.79 Å². The summed E-state index contributed by atoms with van der Waals surface area (Å²) in [5.41, 5.74) is 7.60. The normalized spacial score (nSPS) is 12.0. The van der Waals surface area contributed by atoms with E-state index in [0.717, 1.165) is 11.1 Å². The molecule has 2 aromatic heterocycles. The second-order valence-electron chi connectivity index (χ2n) is 6.03. The lowest BCUT2D eigenvalue weighted by atomic mass is 9.95. The molecule has 0 bridgehead atoms. The maximum absolute atomic E-state index is 13.0. The van der Waals surface area contributed by atoms with Crippen LogP contribution in [-0.4, -0.2) is 28.0 Å². The Morgan fingerprint density at radius 3 is 2.70 bits per heavy atom. The van der Waals surface area contributed by atoms with Crippen LogP contribution in [0.2, 0.25) is 5.02 Å². The smallest absolute Gasteiger partial charge is 0.226 e. The van der Waals surface area contributed by atoms with Gasteiger partial charge in [-0.2, -0.15) is 0 Å². The number of ketones is 1. The summed E-state index contributed by atoms with van der Waals surface area (Å²) in [5.74, 6) is -0.679. The fraction of sp³-hybridized carbons (Fsp3) is 0.200. The van der Waals surface area contributed by atoms with E-state index in [0.29, 0.717) is 21.3 Å². The van der Waals surface area contributed by atoms with Gasteiger partial charge in [0.05, 0.1) is 10.6 Å². The molecule has 0 saturated heterocycles. The van der Waals surface area contributed by atoms with Crippen molar-refractivity contribution in [3.05, 3.63) is 59.5 Å². The molecule has 0 aliphatic rings. The highest BCUT2D eigenvalue weighted by Crippen LogP contribution is 2.36. The summed E-state index contributed by atoms with van der Waals surface area (Å²) >= 11 is 7.53. The van der Waals surface area contributed by atoms with Gasteiger partial charge in [0.2, 0.25) is 5.78 Å². The van der Waals surface area contributed by atoms with Crippen molar-refractivity contribution in [2.45, 2.75) is 13.3 Å². The van der Waals surface area contributed by atoms with Crippen LogP contribution in [0.4, 0.5) is 0 Å². The number of nitrogens with two attached hydrogens (primary N) is 1. The fourth-order valence-corrected chi connectivity index (χ4v) is 3.95. The maximum atomic E-state index is 13.0. The zero-order valence-corrected chi connectivity index (χ0v) is 16.3. The van der Waals surface area contributed by atoms with Crippen molar-refractivity contribution in [1.82, 2.24) is 9.97 Å². The molecule has 7 heteroatoms. The Hall–Kier alpha value is -2.41. The van der Waals surface area contributed by atoms with E-state index in [1.165, 1.54) is 11.3 Å². The van der Waals surface area contributed by atoms with Crippen LogP contribution in [0.25, 0.3) is 21.0 Å². The minimum absolute atomic E-state index is 0.00804. The van der Waals surface area contributed by atoms with E-state index >= 15 is 0 Å². The van der Waals surface area contributed by atoms with Crippen LogP contribution in [0.5, 0.6) is 0 Å². The molecule has 27 heavy (non-hydrogen) atoms. The van der Waals surface area contributed by atoms with E-state index in [2.05, 4.69) is 9.97 Å². The van der Waals surface area contributed by atoms with Crippen LogP contribution < -0.4 is 5.73 Å². The Labute approximate surface area is 166 Å². The molecular formula is C20H19ClN4OS. The standard InChI is InChI=1S/C20H19ClN4OS/c1-2-12(10-22)16(23)18(26)17-19(13-5-3-7-15(21)9-13)27-20(25-17)14-6-4-8-24-11-14/h3-9,11-12,23H,2,10,22H2,1H3/t12-/m0/s1. The van der Waals surface area contributed by atoms with Gasteiger partial charge in [-0.3, -0.25) is 9.78 Å². The van der Waals surface area contributed by atoms with E-state index in [9.17, 15) is 4.79 Å². The van der Waals surface area contributed by atoms with E-state index < -0.39 is 5.78 Å². The second kappa shape index (κ2) is 8.52. The first-order valence-corrected chi connectivity index (χ1v) is 9.75. The average molecular weight is 399 g/mol. The number of benzene rings is 1. The molecule has 1 atom stereocenters. The third-order valence-corrected chi connectivity index (χ3v) is 5.66. The molecule has 0 amide bonds. The van der Waals surface area contributed by atoms with Crippen LogP contribution in [0.3, 0.4) is 0 Å². The molecule has 138 valence electrons. The lowest BCUT2D eigenvalue weighted by Crippen LogP contribution is -2.29. The van der Waals surface area contributed by atoms with E-state index in [-0.39, 0.29) is 23.9 Å². The first-order chi connectivity index (χ1) is 13.0. The van der Waals surface area contributed by atoms with Gasteiger partial charge >= 0.3 is 0 Å². The van der Waals surface area contributed by atoms with Crippen molar-refractivity contribution in [1.29, 1.82) is 5.41 Å². The number of rotatable bonds is 7. The predicted molar refractivity (Wildman–Crippen MR) is 111 cm³/mol. The minimum Gasteiger partial charge on any atom is -0.330 e. The molecule has 3 rings (SSSR count). The number of carbonyl (C=O) groups is 1. The maximum Gasteiger partial charge on any atom is 0.226 e. The summed E-state index contributed by atoms with van der Waals surface area (Å²) in [6.45, 7) is 2.17. The van der Waals surface area contributed by atoms with Gasteiger partial charge in [-0.05, 0) is 36.2 Å². The van der Waals surface area contributed by atoms with E-state index in [1.54, 1.807) is 24.5 Å². The van der Waals surface area contributed by atoms with Gasteiger partial charge in [-0.15, -0.1) is 11.3 Å². The number of nitrogens with zero attached hydrogens (tertiary/aromatic N) is 2. The summed E-state index contributed by atoms with van der Waals surface area (Å²) in [7, 11) is 0. The lowest BCUT2D eigenvalue weighted by molar-refractivity contribution is 0.105. The SMILES string of the molecule is CC[C@@H](CN)C(=N)C(=O)c1nc(-c2cccnc2)sc1-c1cccc(Cl)c1. The Morgan fingerprint density at radius 2 is 2.07 bits per heavy atom. The number of pyridine rings is 1. The number of carbonyl (C=O) groups excluding carboxylic acids is 1. The summed E-state index contributed by atoms with van der Waals surface area (Å²) in [5, 5.41) is 9.55. The third-order valence-electron chi connectivity index (χ3n) is 4.27. The Kier molecular flexibility index (Phi) is 6.11. The van der Waals surface area contributed by atoms with Crippen LogP contribution in [0, 0.1) is 11.3 Å². The summed E-state index contributed by atoms with van der Waals surface area (Å²) in [6, 6.07) is 11.0. The highest BCUT2D eigenvalue weighted by molar-refractivity contribution is 7.18. The zero-order chi connectivity index (χ0) is 19.4. The monoisotopic (exact) mass is 398 g/mol.